The van der Waals surface area contributed by atoms with Crippen LogP contribution in [-0.4, -0.2) is 74.2 Å². The highest BCUT2D eigenvalue weighted by molar-refractivity contribution is 5.95. The van der Waals surface area contributed by atoms with Gasteiger partial charge in [-0.15, -0.1) is 0 Å². The number of benzene rings is 1. The molecule has 1 fully saturated rings. The number of nitrogens with zero attached hydrogens (tertiary/aromatic N) is 3. The predicted molar refractivity (Wildman–Crippen MR) is 85.0 cm³/mol. The van der Waals surface area contributed by atoms with E-state index in [-0.39, 0.29) is 5.56 Å². The van der Waals surface area contributed by atoms with E-state index in [4.69, 9.17) is 5.73 Å². The first-order valence-electron chi connectivity index (χ1n) is 7.22. The van der Waals surface area contributed by atoms with Crippen LogP contribution in [0.15, 0.2) is 18.2 Å². The molecule has 1 heterocycles. The van der Waals surface area contributed by atoms with E-state index in [1.807, 2.05) is 11.9 Å². The van der Waals surface area contributed by atoms with Crippen LogP contribution in [0.5, 0.6) is 0 Å². The second-order valence-corrected chi connectivity index (χ2v) is 5.65. The molecule has 6 heteroatoms. The van der Waals surface area contributed by atoms with Crippen molar-refractivity contribution >= 4 is 17.3 Å². The van der Waals surface area contributed by atoms with Gasteiger partial charge in [0.25, 0.3) is 0 Å². The Morgan fingerprint density at radius 2 is 2.00 bits per heavy atom. The average Bonchev–Trinajstić information content (AvgIpc) is 2.46. The summed E-state index contributed by atoms with van der Waals surface area (Å²) in [5.41, 5.74) is 7.12. The summed E-state index contributed by atoms with van der Waals surface area (Å²) in [4.78, 5) is 18.0. The zero-order valence-corrected chi connectivity index (χ0v) is 12.7. The third kappa shape index (κ3) is 4.09. The van der Waals surface area contributed by atoms with E-state index in [2.05, 4.69) is 16.8 Å². The van der Waals surface area contributed by atoms with Crippen LogP contribution >= 0.6 is 0 Å². The van der Waals surface area contributed by atoms with Gasteiger partial charge in [-0.05, 0) is 25.2 Å². The standard InChI is InChI=1S/C15H24N4O2/c1-17-5-8-19(9-6-17)10-7-18(2)14-4-3-12(16)11-13(14)15(20)21/h3-4,11H,5-10,16H2,1-2H3,(H,20,21). The van der Waals surface area contributed by atoms with Gasteiger partial charge in [-0.25, -0.2) is 4.79 Å². The van der Waals surface area contributed by atoms with Gasteiger partial charge in [0.2, 0.25) is 0 Å². The summed E-state index contributed by atoms with van der Waals surface area (Å²) in [7, 11) is 4.06. The average molecular weight is 292 g/mol. The first-order chi connectivity index (χ1) is 9.97. The largest absolute Gasteiger partial charge is 0.478 e. The highest BCUT2D eigenvalue weighted by Crippen LogP contribution is 2.22. The second kappa shape index (κ2) is 6.78. The van der Waals surface area contributed by atoms with E-state index in [1.54, 1.807) is 12.1 Å². The number of carboxylic acids is 1. The van der Waals surface area contributed by atoms with Crippen molar-refractivity contribution in [1.82, 2.24) is 9.80 Å². The Morgan fingerprint density at radius 1 is 1.33 bits per heavy atom. The maximum atomic E-state index is 11.3. The number of anilines is 2. The van der Waals surface area contributed by atoms with Crippen LogP contribution < -0.4 is 10.6 Å². The minimum atomic E-state index is -0.941. The maximum Gasteiger partial charge on any atom is 0.337 e. The molecule has 1 aromatic rings. The number of carbonyl (C=O) groups is 1. The Labute approximate surface area is 125 Å². The molecule has 1 aliphatic heterocycles. The van der Waals surface area contributed by atoms with E-state index in [1.165, 1.54) is 6.07 Å². The predicted octanol–water partition coefficient (Wildman–Crippen LogP) is 0.651. The fraction of sp³-hybridized carbons (Fsp3) is 0.533. The summed E-state index contributed by atoms with van der Waals surface area (Å²) in [6, 6.07) is 5.04. The van der Waals surface area contributed by atoms with E-state index in [0.29, 0.717) is 11.4 Å². The number of nitrogens with two attached hydrogens (primary N) is 1. The zero-order valence-electron chi connectivity index (χ0n) is 12.7. The van der Waals surface area contributed by atoms with Crippen LogP contribution in [0.3, 0.4) is 0 Å². The molecule has 0 aromatic heterocycles. The minimum Gasteiger partial charge on any atom is -0.478 e. The molecule has 6 nitrogen and oxygen atoms in total. The van der Waals surface area contributed by atoms with Crippen LogP contribution in [0.4, 0.5) is 11.4 Å². The molecule has 3 N–H and O–H groups in total. The molecule has 0 atom stereocenters. The van der Waals surface area contributed by atoms with E-state index in [9.17, 15) is 9.90 Å². The number of hydrogen-bond acceptors (Lipinski definition) is 5. The Bertz CT molecular complexity index is 498. The third-order valence-electron chi connectivity index (χ3n) is 4.01. The topological polar surface area (TPSA) is 73.0 Å². The van der Waals surface area contributed by atoms with Gasteiger partial charge in [-0.2, -0.15) is 0 Å². The Hall–Kier alpha value is -1.79. The van der Waals surface area contributed by atoms with Gasteiger partial charge in [-0.3, -0.25) is 4.90 Å². The molecule has 1 saturated heterocycles. The first kappa shape index (κ1) is 15.6. The van der Waals surface area contributed by atoms with Crippen molar-refractivity contribution in [3.63, 3.8) is 0 Å². The monoisotopic (exact) mass is 292 g/mol. The molecule has 0 saturated carbocycles. The van der Waals surface area contributed by atoms with Gasteiger partial charge in [0.15, 0.2) is 0 Å². The molecular formula is C15H24N4O2. The normalized spacial score (nSPS) is 16.9. The Balaban J connectivity index is 1.97. The van der Waals surface area contributed by atoms with Gasteiger partial charge in [0.05, 0.1) is 11.3 Å². The number of hydrogen-bond donors (Lipinski definition) is 2. The van der Waals surface area contributed by atoms with Crippen LogP contribution in [0.25, 0.3) is 0 Å². The lowest BCUT2D eigenvalue weighted by Crippen LogP contribution is -2.46. The van der Waals surface area contributed by atoms with Gasteiger partial charge in [-0.1, -0.05) is 0 Å². The van der Waals surface area contributed by atoms with Crippen molar-refractivity contribution in [2.24, 2.45) is 0 Å². The van der Waals surface area contributed by atoms with Gasteiger partial charge in [0, 0.05) is 52.0 Å². The van der Waals surface area contributed by atoms with E-state index in [0.717, 1.165) is 39.3 Å². The maximum absolute atomic E-state index is 11.3. The lowest BCUT2D eigenvalue weighted by atomic mass is 10.1. The van der Waals surface area contributed by atoms with Crippen molar-refractivity contribution in [3.8, 4) is 0 Å². The van der Waals surface area contributed by atoms with Crippen molar-refractivity contribution in [2.45, 2.75) is 0 Å². The molecular weight excluding hydrogens is 268 g/mol. The number of aromatic carboxylic acids is 1. The molecule has 2 rings (SSSR count). The molecule has 116 valence electrons. The lowest BCUT2D eigenvalue weighted by Gasteiger charge is -2.33. The van der Waals surface area contributed by atoms with Crippen molar-refractivity contribution in [3.05, 3.63) is 23.8 Å². The summed E-state index contributed by atoms with van der Waals surface area (Å²) in [5, 5.41) is 9.29. The van der Waals surface area contributed by atoms with Gasteiger partial charge >= 0.3 is 5.97 Å². The highest BCUT2D eigenvalue weighted by atomic mass is 16.4. The molecule has 0 amide bonds. The summed E-state index contributed by atoms with van der Waals surface area (Å²) in [6.07, 6.45) is 0. The highest BCUT2D eigenvalue weighted by Gasteiger charge is 2.17. The third-order valence-corrected chi connectivity index (χ3v) is 4.01. The summed E-state index contributed by atoms with van der Waals surface area (Å²) in [6.45, 7) is 6.05. The number of rotatable bonds is 5. The fourth-order valence-electron chi connectivity index (χ4n) is 2.54. The summed E-state index contributed by atoms with van der Waals surface area (Å²) >= 11 is 0. The molecule has 0 bridgehead atoms. The second-order valence-electron chi connectivity index (χ2n) is 5.65. The molecule has 0 aliphatic carbocycles. The molecule has 0 spiro atoms. The van der Waals surface area contributed by atoms with Crippen molar-refractivity contribution < 1.29 is 9.90 Å². The Kier molecular flexibility index (Phi) is 5.03. The zero-order chi connectivity index (χ0) is 15.4. The molecule has 0 radical (unpaired) electrons. The SMILES string of the molecule is CN1CCN(CCN(C)c2ccc(N)cc2C(=O)O)CC1. The van der Waals surface area contributed by atoms with E-state index >= 15 is 0 Å². The van der Waals surface area contributed by atoms with Crippen molar-refractivity contribution in [2.75, 3.05) is 64.0 Å². The number of likely N-dealkylation sites (N-methyl/N-ethyl adjacent to an activating group) is 2. The van der Waals surface area contributed by atoms with E-state index < -0.39 is 5.97 Å². The van der Waals surface area contributed by atoms with Gasteiger partial charge in [0.1, 0.15) is 0 Å². The van der Waals surface area contributed by atoms with Crippen LogP contribution in [0.2, 0.25) is 0 Å². The van der Waals surface area contributed by atoms with Crippen LogP contribution in [0.1, 0.15) is 10.4 Å². The van der Waals surface area contributed by atoms with Crippen LogP contribution in [-0.2, 0) is 0 Å². The smallest absolute Gasteiger partial charge is 0.337 e. The van der Waals surface area contributed by atoms with Crippen molar-refractivity contribution in [1.29, 1.82) is 0 Å². The summed E-state index contributed by atoms with van der Waals surface area (Å²) in [5.74, 6) is -0.941. The Morgan fingerprint density at radius 3 is 2.62 bits per heavy atom. The lowest BCUT2D eigenvalue weighted by molar-refractivity contribution is 0.0697. The first-order valence-corrected chi connectivity index (χ1v) is 7.22. The fourth-order valence-corrected chi connectivity index (χ4v) is 2.54. The quantitative estimate of drug-likeness (QED) is 0.776. The molecule has 0 unspecified atom stereocenters. The summed E-state index contributed by atoms with van der Waals surface area (Å²) < 4.78 is 0. The molecule has 1 aromatic carbocycles. The van der Waals surface area contributed by atoms with Crippen LogP contribution in [0, 0.1) is 0 Å². The minimum absolute atomic E-state index is 0.260. The molecule has 21 heavy (non-hydrogen) atoms. The number of carboxylic acid groups (broad SMARTS) is 1. The molecule has 1 aliphatic rings. The number of nitrogen functional groups attached to an aromatic ring is 1. The van der Waals surface area contributed by atoms with Gasteiger partial charge < -0.3 is 20.6 Å². The number of piperazine rings is 1.